The highest BCUT2D eigenvalue weighted by molar-refractivity contribution is 6.30. The van der Waals surface area contributed by atoms with E-state index in [4.69, 9.17) is 11.6 Å². The topological polar surface area (TPSA) is 60.7 Å². The molecule has 1 heterocycles. The molecule has 108 valence electrons. The fourth-order valence-corrected chi connectivity index (χ4v) is 2.56. The molecule has 0 aliphatic carbocycles. The van der Waals surface area contributed by atoms with Crippen molar-refractivity contribution in [3.05, 3.63) is 63.0 Å². The van der Waals surface area contributed by atoms with E-state index in [-0.39, 0.29) is 11.7 Å². The van der Waals surface area contributed by atoms with E-state index in [9.17, 15) is 4.79 Å². The molecule has 0 saturated heterocycles. The van der Waals surface area contributed by atoms with Crippen molar-refractivity contribution < 1.29 is 0 Å². The van der Waals surface area contributed by atoms with Crippen molar-refractivity contribution in [2.24, 2.45) is 0 Å². The number of rotatable bonds is 3. The number of halogens is 1. The third kappa shape index (κ3) is 2.81. The van der Waals surface area contributed by atoms with Crippen LogP contribution in [0.4, 0.5) is 5.69 Å². The summed E-state index contributed by atoms with van der Waals surface area (Å²) >= 11 is 6.04. The second-order valence-electron chi connectivity index (χ2n) is 5.21. The fourth-order valence-electron chi connectivity index (χ4n) is 2.39. The third-order valence-electron chi connectivity index (χ3n) is 3.61. The Bertz CT molecular complexity index is 850. The van der Waals surface area contributed by atoms with E-state index < -0.39 is 0 Å². The van der Waals surface area contributed by atoms with Gasteiger partial charge in [0, 0.05) is 16.8 Å². The SMILES string of the molecule is Cc1ccc(Cl)cc1NC(C)c1ccc2[nH]c(=O)[nH]c2c1. The molecule has 0 spiro atoms. The van der Waals surface area contributed by atoms with Gasteiger partial charge in [-0.05, 0) is 49.2 Å². The van der Waals surface area contributed by atoms with Gasteiger partial charge in [0.05, 0.1) is 11.0 Å². The average molecular weight is 302 g/mol. The number of hydrogen-bond acceptors (Lipinski definition) is 2. The van der Waals surface area contributed by atoms with Crippen LogP contribution >= 0.6 is 11.6 Å². The number of H-pyrrole nitrogens is 2. The molecule has 3 rings (SSSR count). The average Bonchev–Trinajstić information content (AvgIpc) is 2.81. The van der Waals surface area contributed by atoms with Crippen molar-refractivity contribution in [1.82, 2.24) is 9.97 Å². The predicted molar refractivity (Wildman–Crippen MR) is 87.1 cm³/mol. The molecule has 1 aromatic heterocycles. The summed E-state index contributed by atoms with van der Waals surface area (Å²) in [4.78, 5) is 16.8. The molecule has 1 atom stereocenters. The Morgan fingerprint density at radius 2 is 1.86 bits per heavy atom. The van der Waals surface area contributed by atoms with E-state index in [2.05, 4.69) is 22.2 Å². The number of imidazole rings is 1. The summed E-state index contributed by atoms with van der Waals surface area (Å²) in [6.07, 6.45) is 0. The smallest absolute Gasteiger partial charge is 0.323 e. The van der Waals surface area contributed by atoms with E-state index in [1.807, 2.05) is 43.3 Å². The minimum Gasteiger partial charge on any atom is -0.378 e. The van der Waals surface area contributed by atoms with Gasteiger partial charge in [-0.1, -0.05) is 23.7 Å². The monoisotopic (exact) mass is 301 g/mol. The molecule has 1 unspecified atom stereocenters. The van der Waals surface area contributed by atoms with Crippen LogP contribution in [0, 0.1) is 6.92 Å². The summed E-state index contributed by atoms with van der Waals surface area (Å²) in [5.41, 5.74) is 4.69. The number of anilines is 1. The Labute approximate surface area is 127 Å². The maximum absolute atomic E-state index is 11.3. The summed E-state index contributed by atoms with van der Waals surface area (Å²) in [5, 5.41) is 4.16. The van der Waals surface area contributed by atoms with Crippen LogP contribution in [0.15, 0.2) is 41.2 Å². The van der Waals surface area contributed by atoms with Gasteiger partial charge < -0.3 is 15.3 Å². The number of aryl methyl sites for hydroxylation is 1. The van der Waals surface area contributed by atoms with Gasteiger partial charge in [0.1, 0.15) is 0 Å². The zero-order chi connectivity index (χ0) is 15.0. The molecule has 0 aliphatic rings. The van der Waals surface area contributed by atoms with Gasteiger partial charge in [0.2, 0.25) is 0 Å². The number of benzene rings is 2. The minimum absolute atomic E-state index is 0.102. The van der Waals surface area contributed by atoms with Crippen molar-refractivity contribution in [2.75, 3.05) is 5.32 Å². The van der Waals surface area contributed by atoms with Crippen LogP contribution in [-0.4, -0.2) is 9.97 Å². The fraction of sp³-hybridized carbons (Fsp3) is 0.188. The lowest BCUT2D eigenvalue weighted by molar-refractivity contribution is 0.884. The highest BCUT2D eigenvalue weighted by atomic mass is 35.5. The van der Waals surface area contributed by atoms with Gasteiger partial charge in [0.25, 0.3) is 0 Å². The Morgan fingerprint density at radius 3 is 2.67 bits per heavy atom. The van der Waals surface area contributed by atoms with Gasteiger partial charge in [-0.15, -0.1) is 0 Å². The molecule has 0 fully saturated rings. The maximum atomic E-state index is 11.3. The molecule has 2 aromatic carbocycles. The van der Waals surface area contributed by atoms with E-state index in [0.29, 0.717) is 5.02 Å². The zero-order valence-corrected chi connectivity index (χ0v) is 12.6. The predicted octanol–water partition coefficient (Wildman–Crippen LogP) is 3.99. The van der Waals surface area contributed by atoms with Gasteiger partial charge in [0.15, 0.2) is 0 Å². The van der Waals surface area contributed by atoms with Crippen molar-refractivity contribution in [3.8, 4) is 0 Å². The molecule has 21 heavy (non-hydrogen) atoms. The van der Waals surface area contributed by atoms with Crippen LogP contribution in [-0.2, 0) is 0 Å². The normalized spacial score (nSPS) is 12.5. The van der Waals surface area contributed by atoms with Crippen molar-refractivity contribution in [3.63, 3.8) is 0 Å². The molecule has 0 saturated carbocycles. The highest BCUT2D eigenvalue weighted by Crippen LogP contribution is 2.26. The van der Waals surface area contributed by atoms with Crippen LogP contribution in [0.25, 0.3) is 11.0 Å². The molecule has 5 heteroatoms. The number of fused-ring (bicyclic) bond motifs is 1. The second-order valence-corrected chi connectivity index (χ2v) is 5.65. The molecule has 4 nitrogen and oxygen atoms in total. The van der Waals surface area contributed by atoms with E-state index in [1.54, 1.807) is 0 Å². The lowest BCUT2D eigenvalue weighted by atomic mass is 10.1. The summed E-state index contributed by atoms with van der Waals surface area (Å²) in [7, 11) is 0. The Kier molecular flexibility index (Phi) is 3.47. The van der Waals surface area contributed by atoms with Gasteiger partial charge in [-0.2, -0.15) is 0 Å². The first-order chi connectivity index (χ1) is 10.0. The zero-order valence-electron chi connectivity index (χ0n) is 11.8. The van der Waals surface area contributed by atoms with E-state index in [0.717, 1.165) is 27.8 Å². The Morgan fingerprint density at radius 1 is 1.10 bits per heavy atom. The molecule has 0 amide bonds. The summed E-state index contributed by atoms with van der Waals surface area (Å²) < 4.78 is 0. The van der Waals surface area contributed by atoms with E-state index in [1.165, 1.54) is 0 Å². The number of aromatic amines is 2. The number of hydrogen-bond donors (Lipinski definition) is 3. The highest BCUT2D eigenvalue weighted by Gasteiger charge is 2.09. The minimum atomic E-state index is -0.187. The third-order valence-corrected chi connectivity index (χ3v) is 3.85. The first-order valence-electron chi connectivity index (χ1n) is 6.77. The molecule has 0 bridgehead atoms. The molecular weight excluding hydrogens is 286 g/mol. The largest absolute Gasteiger partial charge is 0.378 e. The summed E-state index contributed by atoms with van der Waals surface area (Å²) in [5.74, 6) is 0. The van der Waals surface area contributed by atoms with Crippen LogP contribution in [0.5, 0.6) is 0 Å². The molecule has 3 N–H and O–H groups in total. The standard InChI is InChI=1S/C16H16ClN3O/c1-9-3-5-12(17)8-14(9)18-10(2)11-4-6-13-15(7-11)20-16(21)19-13/h3-8,10,18H,1-2H3,(H2,19,20,21). The molecule has 0 aliphatic heterocycles. The van der Waals surface area contributed by atoms with Gasteiger partial charge in [-0.25, -0.2) is 4.79 Å². The van der Waals surface area contributed by atoms with Crippen LogP contribution in [0.3, 0.4) is 0 Å². The van der Waals surface area contributed by atoms with Crippen LogP contribution < -0.4 is 11.0 Å². The lowest BCUT2D eigenvalue weighted by Crippen LogP contribution is -2.07. The Hall–Kier alpha value is -2.20. The number of nitrogens with one attached hydrogen (secondary N) is 3. The molecular formula is C16H16ClN3O. The van der Waals surface area contributed by atoms with Crippen molar-refractivity contribution >= 4 is 28.3 Å². The molecule has 3 aromatic rings. The van der Waals surface area contributed by atoms with Crippen LogP contribution in [0.2, 0.25) is 5.02 Å². The molecule has 0 radical (unpaired) electrons. The maximum Gasteiger partial charge on any atom is 0.323 e. The van der Waals surface area contributed by atoms with Crippen molar-refractivity contribution in [2.45, 2.75) is 19.9 Å². The quantitative estimate of drug-likeness (QED) is 0.685. The van der Waals surface area contributed by atoms with Crippen LogP contribution in [0.1, 0.15) is 24.1 Å². The first-order valence-corrected chi connectivity index (χ1v) is 7.15. The lowest BCUT2D eigenvalue weighted by Gasteiger charge is -2.17. The second kappa shape index (κ2) is 5.30. The van der Waals surface area contributed by atoms with E-state index >= 15 is 0 Å². The van der Waals surface area contributed by atoms with Crippen molar-refractivity contribution in [1.29, 1.82) is 0 Å². The first kappa shape index (κ1) is 13.8. The summed E-state index contributed by atoms with van der Waals surface area (Å²) in [6, 6.07) is 11.8. The number of aromatic nitrogens is 2. The Balaban J connectivity index is 1.90. The van der Waals surface area contributed by atoms with Gasteiger partial charge >= 0.3 is 5.69 Å². The summed E-state index contributed by atoms with van der Waals surface area (Å²) in [6.45, 7) is 4.12. The van der Waals surface area contributed by atoms with Gasteiger partial charge in [-0.3, -0.25) is 0 Å².